The summed E-state index contributed by atoms with van der Waals surface area (Å²) in [5, 5.41) is 0. The van der Waals surface area contributed by atoms with Crippen LogP contribution < -0.4 is 0 Å². The van der Waals surface area contributed by atoms with Crippen molar-refractivity contribution in [3.8, 4) is 0 Å². The molecule has 0 saturated carbocycles. The molecule has 100 valence electrons. The molecule has 1 aromatic rings. The number of nitrogens with zero attached hydrogens (tertiary/aromatic N) is 1. The van der Waals surface area contributed by atoms with Gasteiger partial charge in [0.25, 0.3) is 0 Å². The van der Waals surface area contributed by atoms with Gasteiger partial charge in [-0.25, -0.2) is 0 Å². The third kappa shape index (κ3) is 3.58. The summed E-state index contributed by atoms with van der Waals surface area (Å²) in [4.78, 5) is 3.28. The van der Waals surface area contributed by atoms with E-state index in [4.69, 9.17) is 0 Å². The number of likely N-dealkylation sites (tertiary alicyclic amines) is 1. The predicted octanol–water partition coefficient (Wildman–Crippen LogP) is 4.42. The lowest BCUT2D eigenvalue weighted by Gasteiger charge is -2.34. The van der Waals surface area contributed by atoms with Crippen molar-refractivity contribution in [3.63, 3.8) is 0 Å². The van der Waals surface area contributed by atoms with Crippen LogP contribution in [0, 0.1) is 5.92 Å². The van der Waals surface area contributed by atoms with Gasteiger partial charge >= 0.3 is 0 Å². The Labute approximate surface area is 120 Å². The van der Waals surface area contributed by atoms with Gasteiger partial charge in [0.15, 0.2) is 0 Å². The van der Waals surface area contributed by atoms with Crippen LogP contribution in [0.5, 0.6) is 0 Å². The summed E-state index contributed by atoms with van der Waals surface area (Å²) in [6.45, 7) is 10.4. The minimum absolute atomic E-state index is 0.628. The third-order valence-electron chi connectivity index (χ3n) is 3.94. The average Bonchev–Trinajstić information content (AvgIpc) is 2.34. The quantitative estimate of drug-likeness (QED) is 0.747. The molecule has 2 rings (SSSR count). The number of piperidine rings is 1. The highest BCUT2D eigenvalue weighted by Crippen LogP contribution is 2.24. The van der Waals surface area contributed by atoms with Crippen molar-refractivity contribution < 1.29 is 0 Å². The summed E-state index contributed by atoms with van der Waals surface area (Å²) in [5.74, 6) is 1.39. The van der Waals surface area contributed by atoms with Crippen LogP contribution in [-0.4, -0.2) is 22.8 Å². The van der Waals surface area contributed by atoms with Crippen LogP contribution in [0.1, 0.15) is 44.2 Å². The number of rotatable bonds is 3. The fourth-order valence-electron chi connectivity index (χ4n) is 2.61. The molecular weight excluding hydrogens is 286 g/mol. The number of benzene rings is 1. The highest BCUT2D eigenvalue weighted by atomic mass is 79.9. The Morgan fingerprint density at radius 1 is 1.28 bits per heavy atom. The van der Waals surface area contributed by atoms with Crippen molar-refractivity contribution in [1.82, 2.24) is 4.90 Å². The Bertz CT molecular complexity index is 371. The second-order valence-electron chi connectivity index (χ2n) is 5.91. The third-order valence-corrected chi connectivity index (χ3v) is 5.30. The van der Waals surface area contributed by atoms with Crippen molar-refractivity contribution in [3.05, 3.63) is 35.4 Å². The summed E-state index contributed by atoms with van der Waals surface area (Å²) < 4.78 is 0. The fourth-order valence-corrected chi connectivity index (χ4v) is 2.99. The van der Waals surface area contributed by atoms with Crippen molar-refractivity contribution in [1.29, 1.82) is 0 Å². The summed E-state index contributed by atoms with van der Waals surface area (Å²) in [5.41, 5.74) is 2.88. The van der Waals surface area contributed by atoms with E-state index >= 15 is 0 Å². The summed E-state index contributed by atoms with van der Waals surface area (Å²) in [6, 6.07) is 9.14. The lowest BCUT2D eigenvalue weighted by molar-refractivity contribution is 0.183. The summed E-state index contributed by atoms with van der Waals surface area (Å²) in [6.07, 6.45) is 1.27. The Balaban J connectivity index is 1.93. The van der Waals surface area contributed by atoms with Gasteiger partial charge < -0.3 is 0 Å². The van der Waals surface area contributed by atoms with Gasteiger partial charge in [-0.2, -0.15) is 0 Å². The smallest absolute Gasteiger partial charge is 0.0233 e. The molecule has 1 nitrogen and oxygen atoms in total. The number of hydrogen-bond acceptors (Lipinski definition) is 1. The Kier molecular flexibility index (Phi) is 4.85. The summed E-state index contributed by atoms with van der Waals surface area (Å²) >= 11 is 3.77. The van der Waals surface area contributed by atoms with Crippen LogP contribution >= 0.6 is 15.9 Å². The molecule has 0 aromatic heterocycles. The van der Waals surface area contributed by atoms with Gasteiger partial charge in [-0.3, -0.25) is 4.90 Å². The number of hydrogen-bond donors (Lipinski definition) is 0. The molecule has 0 radical (unpaired) electrons. The maximum Gasteiger partial charge on any atom is 0.0233 e. The zero-order valence-corrected chi connectivity index (χ0v) is 13.3. The summed E-state index contributed by atoms with van der Waals surface area (Å²) in [7, 11) is 0. The van der Waals surface area contributed by atoms with Gasteiger partial charge in [-0.05, 0) is 35.9 Å². The van der Waals surface area contributed by atoms with E-state index in [1.807, 2.05) is 0 Å². The molecular formula is C16H24BrN. The van der Waals surface area contributed by atoms with E-state index in [9.17, 15) is 0 Å². The second-order valence-corrected chi connectivity index (χ2v) is 7.09. The van der Waals surface area contributed by atoms with Crippen LogP contribution in [0.4, 0.5) is 0 Å². The molecule has 0 aliphatic carbocycles. The van der Waals surface area contributed by atoms with Crippen LogP contribution in [0.25, 0.3) is 0 Å². The standard InChI is InChI=1S/C16H24BrN/c1-12(2)15-6-4-14(5-7-15)11-18-9-8-16(17)13(3)10-18/h4-7,12-13,16H,8-11H2,1-3H3. The van der Waals surface area contributed by atoms with Gasteiger partial charge in [0.05, 0.1) is 0 Å². The Morgan fingerprint density at radius 2 is 1.94 bits per heavy atom. The van der Waals surface area contributed by atoms with Crippen LogP contribution in [-0.2, 0) is 6.54 Å². The SMILES string of the molecule is CC(C)c1ccc(CN2CCC(Br)C(C)C2)cc1. The molecule has 0 bridgehead atoms. The number of alkyl halides is 1. The molecule has 2 unspecified atom stereocenters. The highest BCUT2D eigenvalue weighted by Gasteiger charge is 2.23. The zero-order chi connectivity index (χ0) is 13.1. The van der Waals surface area contributed by atoms with E-state index in [2.05, 4.69) is 65.9 Å². The largest absolute Gasteiger partial charge is 0.299 e. The first-order valence-electron chi connectivity index (χ1n) is 7.01. The van der Waals surface area contributed by atoms with Gasteiger partial charge in [0, 0.05) is 17.9 Å². The van der Waals surface area contributed by atoms with Crippen molar-refractivity contribution >= 4 is 15.9 Å². The molecule has 18 heavy (non-hydrogen) atoms. The molecule has 1 aliphatic heterocycles. The molecule has 0 N–H and O–H groups in total. The first kappa shape index (κ1) is 14.1. The van der Waals surface area contributed by atoms with Gasteiger partial charge in [-0.1, -0.05) is 61.0 Å². The van der Waals surface area contributed by atoms with Crippen molar-refractivity contribution in [2.45, 2.75) is 44.5 Å². The minimum Gasteiger partial charge on any atom is -0.299 e. The normalized spacial score (nSPS) is 25.6. The number of halogens is 1. The highest BCUT2D eigenvalue weighted by molar-refractivity contribution is 9.09. The maximum absolute atomic E-state index is 3.77. The van der Waals surface area contributed by atoms with E-state index in [-0.39, 0.29) is 0 Å². The Hall–Kier alpha value is -0.340. The topological polar surface area (TPSA) is 3.24 Å². The van der Waals surface area contributed by atoms with E-state index in [0.29, 0.717) is 10.7 Å². The first-order chi connectivity index (χ1) is 8.56. The van der Waals surface area contributed by atoms with Crippen LogP contribution in [0.15, 0.2) is 24.3 Å². The molecule has 1 heterocycles. The lowest BCUT2D eigenvalue weighted by atomic mass is 9.98. The predicted molar refractivity (Wildman–Crippen MR) is 82.3 cm³/mol. The molecule has 2 heteroatoms. The molecule has 2 atom stereocenters. The van der Waals surface area contributed by atoms with Gasteiger partial charge in [0.1, 0.15) is 0 Å². The fraction of sp³-hybridized carbons (Fsp3) is 0.625. The van der Waals surface area contributed by atoms with E-state index < -0.39 is 0 Å². The molecule has 1 saturated heterocycles. The van der Waals surface area contributed by atoms with E-state index in [1.54, 1.807) is 0 Å². The van der Waals surface area contributed by atoms with Crippen LogP contribution in [0.2, 0.25) is 0 Å². The van der Waals surface area contributed by atoms with E-state index in [1.165, 1.54) is 30.6 Å². The molecule has 1 aromatic carbocycles. The van der Waals surface area contributed by atoms with Gasteiger partial charge in [0.2, 0.25) is 0 Å². The first-order valence-corrected chi connectivity index (χ1v) is 7.93. The molecule has 1 fully saturated rings. The Morgan fingerprint density at radius 3 is 2.50 bits per heavy atom. The molecule has 0 spiro atoms. The monoisotopic (exact) mass is 309 g/mol. The zero-order valence-electron chi connectivity index (χ0n) is 11.7. The van der Waals surface area contributed by atoms with Crippen molar-refractivity contribution in [2.24, 2.45) is 5.92 Å². The second kappa shape index (κ2) is 6.21. The van der Waals surface area contributed by atoms with E-state index in [0.717, 1.165) is 12.5 Å². The van der Waals surface area contributed by atoms with Gasteiger partial charge in [-0.15, -0.1) is 0 Å². The molecule has 0 amide bonds. The van der Waals surface area contributed by atoms with Crippen LogP contribution in [0.3, 0.4) is 0 Å². The maximum atomic E-state index is 3.77. The molecule has 1 aliphatic rings. The minimum atomic E-state index is 0.628. The van der Waals surface area contributed by atoms with Crippen molar-refractivity contribution in [2.75, 3.05) is 13.1 Å². The average molecular weight is 310 g/mol. The lowest BCUT2D eigenvalue weighted by Crippen LogP contribution is -2.39.